The highest BCUT2D eigenvalue weighted by atomic mass is 16.2. The third-order valence-corrected chi connectivity index (χ3v) is 7.16. The molecule has 0 bridgehead atoms. The van der Waals surface area contributed by atoms with Crippen LogP contribution in [0.3, 0.4) is 0 Å². The average molecular weight is 454 g/mol. The third-order valence-electron chi connectivity index (χ3n) is 7.16. The van der Waals surface area contributed by atoms with Crippen LogP contribution in [0.25, 0.3) is 10.8 Å². The molecule has 1 saturated heterocycles. The van der Waals surface area contributed by atoms with Crippen molar-refractivity contribution in [1.29, 1.82) is 0 Å². The molecule has 2 heterocycles. The first-order valence-corrected chi connectivity index (χ1v) is 11.3. The summed E-state index contributed by atoms with van der Waals surface area (Å²) in [4.78, 5) is 42.5. The number of fused-ring (bicyclic) bond motifs is 2. The fraction of sp³-hybridized carbons (Fsp3) is 0.250. The molecule has 3 aromatic carbocycles. The van der Waals surface area contributed by atoms with Crippen molar-refractivity contribution in [3.63, 3.8) is 0 Å². The highest BCUT2D eigenvalue weighted by molar-refractivity contribution is 6.12. The Morgan fingerprint density at radius 1 is 0.912 bits per heavy atom. The molecule has 6 heteroatoms. The van der Waals surface area contributed by atoms with Crippen LogP contribution >= 0.6 is 0 Å². The summed E-state index contributed by atoms with van der Waals surface area (Å²) in [6, 6.07) is 20.9. The number of carbonyl (C=O) groups is 3. The maximum absolute atomic E-state index is 13.5. The van der Waals surface area contributed by atoms with Gasteiger partial charge in [-0.05, 0) is 34.9 Å². The zero-order chi connectivity index (χ0) is 24.3. The van der Waals surface area contributed by atoms with E-state index in [4.69, 9.17) is 0 Å². The molecule has 172 valence electrons. The van der Waals surface area contributed by atoms with Crippen LogP contribution < -0.4 is 10.2 Å². The van der Waals surface area contributed by atoms with Crippen LogP contribution in [0.4, 0.5) is 10.5 Å². The molecule has 1 N–H and O–H groups in total. The smallest absolute Gasteiger partial charge is 0.325 e. The first-order chi connectivity index (χ1) is 16.1. The number of nitrogens with zero attached hydrogens (tertiary/aromatic N) is 2. The largest absolute Gasteiger partial charge is 0.347 e. The van der Waals surface area contributed by atoms with Gasteiger partial charge in [-0.1, -0.05) is 74.5 Å². The van der Waals surface area contributed by atoms with Gasteiger partial charge in [0.1, 0.15) is 5.54 Å². The normalized spacial score (nSPS) is 22.4. The maximum Gasteiger partial charge on any atom is 0.325 e. The third kappa shape index (κ3) is 3.13. The topological polar surface area (TPSA) is 69.7 Å². The summed E-state index contributed by atoms with van der Waals surface area (Å²) < 4.78 is 0. The van der Waals surface area contributed by atoms with Crippen LogP contribution in [0.15, 0.2) is 78.5 Å². The van der Waals surface area contributed by atoms with Gasteiger partial charge in [-0.3, -0.25) is 14.5 Å². The number of benzene rings is 3. The van der Waals surface area contributed by atoms with E-state index >= 15 is 0 Å². The molecule has 0 radical (unpaired) electrons. The number of likely N-dealkylation sites (N-methyl/N-ethyl adjacent to an activating group) is 1. The van der Waals surface area contributed by atoms with E-state index in [0.29, 0.717) is 5.56 Å². The molecule has 2 aliphatic heterocycles. The van der Waals surface area contributed by atoms with E-state index in [2.05, 4.69) is 25.2 Å². The second-order valence-electron chi connectivity index (χ2n) is 9.67. The van der Waals surface area contributed by atoms with E-state index in [0.717, 1.165) is 32.6 Å². The summed E-state index contributed by atoms with van der Waals surface area (Å²) in [6.45, 7) is 5.52. The highest BCUT2D eigenvalue weighted by Gasteiger charge is 2.50. The number of amides is 3. The van der Waals surface area contributed by atoms with E-state index in [1.807, 2.05) is 72.6 Å². The monoisotopic (exact) mass is 453 g/mol. The number of rotatable bonds is 4. The molecule has 1 fully saturated rings. The molecule has 34 heavy (non-hydrogen) atoms. The molecule has 0 aliphatic carbocycles. The minimum Gasteiger partial charge on any atom is -0.347 e. The van der Waals surface area contributed by atoms with Crippen molar-refractivity contribution in [3.8, 4) is 0 Å². The van der Waals surface area contributed by atoms with E-state index < -0.39 is 17.5 Å². The Hall–Kier alpha value is -3.93. The quantitative estimate of drug-likeness (QED) is 0.467. The lowest BCUT2D eigenvalue weighted by atomic mass is 9.83. The van der Waals surface area contributed by atoms with Crippen molar-refractivity contribution in [3.05, 3.63) is 89.6 Å². The van der Waals surface area contributed by atoms with Crippen LogP contribution in [-0.2, 0) is 20.5 Å². The molecular weight excluding hydrogens is 426 g/mol. The summed E-state index contributed by atoms with van der Waals surface area (Å²) >= 11 is 0. The van der Waals surface area contributed by atoms with E-state index in [-0.39, 0.29) is 17.7 Å². The minimum absolute atomic E-state index is 0.298. The number of allylic oxidation sites excluding steroid dienone is 1. The second kappa shape index (κ2) is 7.55. The Morgan fingerprint density at radius 3 is 2.32 bits per heavy atom. The fourth-order valence-corrected chi connectivity index (χ4v) is 5.30. The number of carbonyl (C=O) groups excluding carboxylic acids is 3. The summed E-state index contributed by atoms with van der Waals surface area (Å²) in [5, 5.41) is 4.70. The van der Waals surface area contributed by atoms with Crippen LogP contribution in [0.5, 0.6) is 0 Å². The molecule has 0 spiro atoms. The molecule has 1 atom stereocenters. The first-order valence-electron chi connectivity index (χ1n) is 11.3. The van der Waals surface area contributed by atoms with Gasteiger partial charge >= 0.3 is 6.03 Å². The minimum atomic E-state index is -1.25. The second-order valence-corrected chi connectivity index (χ2v) is 9.67. The zero-order valence-electron chi connectivity index (χ0n) is 19.8. The van der Waals surface area contributed by atoms with E-state index in [9.17, 15) is 14.4 Å². The molecular formula is C28H27N3O3. The van der Waals surface area contributed by atoms with Crippen molar-refractivity contribution >= 4 is 34.2 Å². The summed E-state index contributed by atoms with van der Waals surface area (Å²) in [5.41, 5.74) is 2.12. The molecule has 0 saturated carbocycles. The van der Waals surface area contributed by atoms with Gasteiger partial charge in [0.05, 0.1) is 6.54 Å². The van der Waals surface area contributed by atoms with Crippen molar-refractivity contribution in [1.82, 2.24) is 10.2 Å². The number of nitrogens with one attached hydrogen (secondary N) is 1. The van der Waals surface area contributed by atoms with Crippen molar-refractivity contribution in [2.75, 3.05) is 18.5 Å². The van der Waals surface area contributed by atoms with Crippen molar-refractivity contribution in [2.24, 2.45) is 0 Å². The van der Waals surface area contributed by atoms with E-state index in [1.165, 1.54) is 0 Å². The van der Waals surface area contributed by atoms with Crippen LogP contribution in [0.2, 0.25) is 0 Å². The zero-order valence-corrected chi connectivity index (χ0v) is 19.8. The first kappa shape index (κ1) is 21.9. The van der Waals surface area contributed by atoms with E-state index in [1.54, 1.807) is 13.0 Å². The summed E-state index contributed by atoms with van der Waals surface area (Å²) in [5.74, 6) is -0.726. The van der Waals surface area contributed by atoms with Gasteiger partial charge < -0.3 is 10.2 Å². The molecule has 2 aliphatic rings. The Balaban J connectivity index is 1.43. The van der Waals surface area contributed by atoms with Crippen LogP contribution in [0, 0.1) is 0 Å². The Kier molecular flexibility index (Phi) is 4.86. The van der Waals surface area contributed by atoms with Gasteiger partial charge in [-0.15, -0.1) is 0 Å². The number of ketones is 1. The maximum atomic E-state index is 13.5. The van der Waals surface area contributed by atoms with Gasteiger partial charge in [0.15, 0.2) is 5.78 Å². The molecule has 6 nitrogen and oxygen atoms in total. The molecule has 3 aromatic rings. The van der Waals surface area contributed by atoms with Crippen LogP contribution in [0.1, 0.15) is 31.9 Å². The standard InChI is InChI=1S/C28H27N3O3/c1-27(2)22-13-7-8-15-23(22)30(4)24(27)16-19(32)17-31-25(33)28(3,29-26(31)34)21-14-9-11-18-10-5-6-12-20(18)21/h5-16H,17H2,1-4H3,(H,29,34)/b24-16-. The highest BCUT2D eigenvalue weighted by Crippen LogP contribution is 2.46. The Morgan fingerprint density at radius 2 is 1.56 bits per heavy atom. The molecule has 3 amide bonds. The predicted molar refractivity (Wildman–Crippen MR) is 133 cm³/mol. The Labute approximate surface area is 198 Å². The fourth-order valence-electron chi connectivity index (χ4n) is 5.30. The summed E-state index contributed by atoms with van der Waals surface area (Å²) in [7, 11) is 1.93. The van der Waals surface area contributed by atoms with Crippen molar-refractivity contribution in [2.45, 2.75) is 31.7 Å². The number of hydrogen-bond acceptors (Lipinski definition) is 4. The lowest BCUT2D eigenvalue weighted by Crippen LogP contribution is -2.41. The Bertz CT molecular complexity index is 1390. The predicted octanol–water partition coefficient (Wildman–Crippen LogP) is 4.49. The number of urea groups is 1. The molecule has 5 rings (SSSR count). The average Bonchev–Trinajstić information content (AvgIpc) is 3.16. The number of anilines is 1. The number of para-hydroxylation sites is 1. The van der Waals surface area contributed by atoms with Gasteiger partial charge in [-0.2, -0.15) is 0 Å². The SMILES string of the molecule is CN1/C(=C\C(=O)CN2C(=O)NC(C)(c3cccc4ccccc34)C2=O)C(C)(C)c2ccccc21. The van der Waals surface area contributed by atoms with Gasteiger partial charge in [0, 0.05) is 29.9 Å². The number of hydrogen-bond donors (Lipinski definition) is 1. The van der Waals surface area contributed by atoms with Crippen molar-refractivity contribution < 1.29 is 14.4 Å². The van der Waals surface area contributed by atoms with Crippen LogP contribution in [-0.4, -0.2) is 36.2 Å². The van der Waals surface area contributed by atoms with Gasteiger partial charge in [-0.25, -0.2) is 4.79 Å². The summed E-state index contributed by atoms with van der Waals surface area (Å²) in [6.07, 6.45) is 1.56. The molecule has 0 aromatic heterocycles. The van der Waals surface area contributed by atoms with Gasteiger partial charge in [0.2, 0.25) is 0 Å². The lowest BCUT2D eigenvalue weighted by Gasteiger charge is -2.25. The number of imide groups is 1. The lowest BCUT2D eigenvalue weighted by molar-refractivity contribution is -0.133. The van der Waals surface area contributed by atoms with Gasteiger partial charge in [0.25, 0.3) is 5.91 Å². The molecule has 1 unspecified atom stereocenters.